The number of aromatic nitrogens is 2. The molecule has 2 aromatic heterocycles. The number of carboxylic acids is 1. The van der Waals surface area contributed by atoms with Crippen molar-refractivity contribution in [3.05, 3.63) is 65.0 Å². The molecule has 36 heavy (non-hydrogen) atoms. The minimum Gasteiger partial charge on any atom is -0.481 e. The maximum atomic E-state index is 13.3. The molecule has 3 heterocycles. The van der Waals surface area contributed by atoms with Gasteiger partial charge in [-0.3, -0.25) is 9.59 Å². The Balaban J connectivity index is 1.36. The smallest absolute Gasteiger partial charge is 0.309 e. The molecule has 2 aliphatic rings. The van der Waals surface area contributed by atoms with Gasteiger partial charge in [0.05, 0.1) is 12.0 Å². The molecule has 0 radical (unpaired) electrons. The molecule has 0 saturated heterocycles. The lowest BCUT2D eigenvalue weighted by molar-refractivity contribution is -0.150. The summed E-state index contributed by atoms with van der Waals surface area (Å²) in [5.74, 6) is -0.457. The van der Waals surface area contributed by atoms with Crippen molar-refractivity contribution in [3.63, 3.8) is 0 Å². The molecule has 1 aromatic carbocycles. The summed E-state index contributed by atoms with van der Waals surface area (Å²) < 4.78 is 28.6. The third kappa shape index (κ3) is 4.61. The number of aliphatic carboxylic acids is 1. The summed E-state index contributed by atoms with van der Waals surface area (Å²) in [5.41, 5.74) is 3.06. The summed E-state index contributed by atoms with van der Waals surface area (Å²) in [6.45, 7) is 3.28. The summed E-state index contributed by atoms with van der Waals surface area (Å²) >= 11 is 0. The third-order valence-electron chi connectivity index (χ3n) is 8.10. The van der Waals surface area contributed by atoms with Crippen LogP contribution < -0.4 is 0 Å². The van der Waals surface area contributed by atoms with Crippen LogP contribution in [0.3, 0.4) is 0 Å². The standard InChI is InChI=1S/C28H31F2N3O3/c1-28(27(35)36)10-7-18(8-11-28)15-24(34)32-13-9-21-22-6-3-12-31-26(22)33(23(21)17-32)16-19-4-2-5-20(14-19)25(29)30/h2-6,12,14,18,25H,7-11,13,15-17H2,1H3,(H,35,36)/t18-,28-. The van der Waals surface area contributed by atoms with Gasteiger partial charge in [-0.15, -0.1) is 0 Å². The van der Waals surface area contributed by atoms with Crippen molar-refractivity contribution in [1.82, 2.24) is 14.5 Å². The van der Waals surface area contributed by atoms with Crippen molar-refractivity contribution < 1.29 is 23.5 Å². The summed E-state index contributed by atoms with van der Waals surface area (Å²) in [5, 5.41) is 10.5. The molecule has 0 bridgehead atoms. The average Bonchev–Trinajstić information content (AvgIpc) is 3.18. The normalized spacial score (nSPS) is 22.1. The number of amides is 1. The quantitative estimate of drug-likeness (QED) is 0.485. The number of carbonyl (C=O) groups excluding carboxylic acids is 1. The van der Waals surface area contributed by atoms with Crippen molar-refractivity contribution in [2.45, 2.75) is 65.0 Å². The zero-order valence-electron chi connectivity index (χ0n) is 20.4. The second-order valence-electron chi connectivity index (χ2n) is 10.5. The van der Waals surface area contributed by atoms with Crippen LogP contribution in [0.15, 0.2) is 42.6 Å². The number of carbonyl (C=O) groups is 2. The molecule has 0 spiro atoms. The van der Waals surface area contributed by atoms with E-state index >= 15 is 0 Å². The second-order valence-corrected chi connectivity index (χ2v) is 10.5. The van der Waals surface area contributed by atoms with Gasteiger partial charge in [0, 0.05) is 42.4 Å². The molecular formula is C28H31F2N3O3. The fraction of sp³-hybridized carbons (Fsp3) is 0.464. The Morgan fingerprint density at radius 2 is 1.97 bits per heavy atom. The first kappa shape index (κ1) is 24.4. The monoisotopic (exact) mass is 495 g/mol. The Hall–Kier alpha value is -3.29. The minimum atomic E-state index is -2.53. The first-order valence-corrected chi connectivity index (χ1v) is 12.6. The number of carboxylic acid groups (broad SMARTS) is 1. The molecular weight excluding hydrogens is 464 g/mol. The van der Waals surface area contributed by atoms with E-state index in [-0.39, 0.29) is 17.4 Å². The molecule has 3 aromatic rings. The van der Waals surface area contributed by atoms with Crippen LogP contribution in [0.2, 0.25) is 0 Å². The Bertz CT molecular complexity index is 1290. The van der Waals surface area contributed by atoms with Crippen LogP contribution in [0.4, 0.5) is 8.78 Å². The number of benzene rings is 1. The highest BCUT2D eigenvalue weighted by Gasteiger charge is 2.38. The van der Waals surface area contributed by atoms with Gasteiger partial charge in [-0.2, -0.15) is 0 Å². The highest BCUT2D eigenvalue weighted by atomic mass is 19.3. The van der Waals surface area contributed by atoms with Gasteiger partial charge in [-0.1, -0.05) is 18.2 Å². The van der Waals surface area contributed by atoms with Gasteiger partial charge in [-0.05, 0) is 74.3 Å². The molecule has 0 unspecified atom stereocenters. The van der Waals surface area contributed by atoms with Crippen molar-refractivity contribution in [2.24, 2.45) is 11.3 Å². The fourth-order valence-electron chi connectivity index (χ4n) is 5.76. The molecule has 8 heteroatoms. The van der Waals surface area contributed by atoms with E-state index in [1.54, 1.807) is 19.2 Å². The van der Waals surface area contributed by atoms with E-state index in [1.165, 1.54) is 17.7 Å². The third-order valence-corrected chi connectivity index (χ3v) is 8.10. The van der Waals surface area contributed by atoms with Crippen molar-refractivity contribution in [2.75, 3.05) is 6.54 Å². The lowest BCUT2D eigenvalue weighted by Gasteiger charge is -2.35. The van der Waals surface area contributed by atoms with E-state index in [0.717, 1.165) is 41.6 Å². The van der Waals surface area contributed by atoms with Crippen LogP contribution in [0.25, 0.3) is 11.0 Å². The largest absolute Gasteiger partial charge is 0.481 e. The Morgan fingerprint density at radius 1 is 1.19 bits per heavy atom. The number of rotatable bonds is 6. The highest BCUT2D eigenvalue weighted by Crippen LogP contribution is 2.40. The van der Waals surface area contributed by atoms with Gasteiger partial charge in [0.25, 0.3) is 6.43 Å². The maximum Gasteiger partial charge on any atom is 0.309 e. The van der Waals surface area contributed by atoms with Crippen LogP contribution in [-0.2, 0) is 29.1 Å². The minimum absolute atomic E-state index is 0.00549. The van der Waals surface area contributed by atoms with Gasteiger partial charge in [-0.25, -0.2) is 13.8 Å². The number of halogens is 2. The van der Waals surface area contributed by atoms with Crippen molar-refractivity contribution in [1.29, 1.82) is 0 Å². The predicted octanol–water partition coefficient (Wildman–Crippen LogP) is 5.58. The van der Waals surface area contributed by atoms with Crippen molar-refractivity contribution >= 4 is 22.9 Å². The van der Waals surface area contributed by atoms with E-state index in [0.29, 0.717) is 38.9 Å². The van der Waals surface area contributed by atoms with Gasteiger partial charge < -0.3 is 14.6 Å². The van der Waals surface area contributed by atoms with Gasteiger partial charge in [0.2, 0.25) is 5.91 Å². The van der Waals surface area contributed by atoms with E-state index in [2.05, 4.69) is 9.55 Å². The number of hydrogen-bond acceptors (Lipinski definition) is 3. The molecule has 1 fully saturated rings. The molecule has 0 atom stereocenters. The lowest BCUT2D eigenvalue weighted by atomic mass is 9.71. The molecule has 1 amide bonds. The number of alkyl halides is 2. The summed E-state index contributed by atoms with van der Waals surface area (Å²) in [6.07, 6.45) is 3.05. The van der Waals surface area contributed by atoms with E-state index in [1.807, 2.05) is 23.1 Å². The molecule has 5 rings (SSSR count). The number of nitrogens with zero attached hydrogens (tertiary/aromatic N) is 3. The SMILES string of the molecule is C[C@]1(C(=O)O)CC[C@H](CC(=O)N2CCc3c(n(Cc4cccc(C(F)F)c4)c4ncccc34)C2)CC1. The van der Waals surface area contributed by atoms with Crippen molar-refractivity contribution in [3.8, 4) is 0 Å². The molecule has 1 N–H and O–H groups in total. The van der Waals surface area contributed by atoms with E-state index in [9.17, 15) is 23.5 Å². The maximum absolute atomic E-state index is 13.3. The van der Waals surface area contributed by atoms with Gasteiger partial charge >= 0.3 is 5.97 Å². The zero-order chi connectivity index (χ0) is 25.4. The Morgan fingerprint density at radius 3 is 2.69 bits per heavy atom. The topological polar surface area (TPSA) is 75.4 Å². The molecule has 1 aliphatic carbocycles. The summed E-state index contributed by atoms with van der Waals surface area (Å²) in [4.78, 5) is 31.3. The number of fused-ring (bicyclic) bond motifs is 3. The van der Waals surface area contributed by atoms with Crippen LogP contribution in [0.5, 0.6) is 0 Å². The fourth-order valence-corrected chi connectivity index (χ4v) is 5.76. The Labute approximate surface area is 208 Å². The molecule has 1 saturated carbocycles. The average molecular weight is 496 g/mol. The Kier molecular flexibility index (Phi) is 6.53. The second kappa shape index (κ2) is 9.64. The van der Waals surface area contributed by atoms with Crippen LogP contribution in [0.1, 0.15) is 67.8 Å². The molecule has 6 nitrogen and oxygen atoms in total. The first-order valence-electron chi connectivity index (χ1n) is 12.6. The summed E-state index contributed by atoms with van der Waals surface area (Å²) in [6, 6.07) is 10.4. The van der Waals surface area contributed by atoms with Crippen LogP contribution >= 0.6 is 0 Å². The van der Waals surface area contributed by atoms with Gasteiger partial charge in [0.1, 0.15) is 5.65 Å². The first-order chi connectivity index (χ1) is 17.2. The molecule has 1 aliphatic heterocycles. The summed E-state index contributed by atoms with van der Waals surface area (Å²) in [7, 11) is 0. The zero-order valence-corrected chi connectivity index (χ0v) is 20.4. The van der Waals surface area contributed by atoms with Gasteiger partial charge in [0.15, 0.2) is 0 Å². The van der Waals surface area contributed by atoms with E-state index in [4.69, 9.17) is 0 Å². The number of hydrogen-bond donors (Lipinski definition) is 1. The molecule has 190 valence electrons. The predicted molar refractivity (Wildman–Crippen MR) is 132 cm³/mol. The lowest BCUT2D eigenvalue weighted by Crippen LogP contribution is -2.39. The highest BCUT2D eigenvalue weighted by molar-refractivity contribution is 5.84. The van der Waals surface area contributed by atoms with Crippen LogP contribution in [0, 0.1) is 11.3 Å². The van der Waals surface area contributed by atoms with E-state index < -0.39 is 17.8 Å². The van der Waals surface area contributed by atoms with Crippen LogP contribution in [-0.4, -0.2) is 38.0 Å². The number of pyridine rings is 1.